The molecule has 0 spiro atoms. The largest absolute Gasteiger partial charge is 0.368 e. The predicted molar refractivity (Wildman–Crippen MR) is 76.2 cm³/mol. The highest BCUT2D eigenvalue weighted by Crippen LogP contribution is 2.31. The molecule has 2 rings (SSSR count). The van der Waals surface area contributed by atoms with Crippen LogP contribution in [0.25, 0.3) is 0 Å². The lowest BCUT2D eigenvalue weighted by Gasteiger charge is -2.51. The molecule has 0 saturated carbocycles. The van der Waals surface area contributed by atoms with E-state index in [1.165, 1.54) is 4.90 Å². The van der Waals surface area contributed by atoms with Crippen LogP contribution in [0.1, 0.15) is 24.3 Å². The third kappa shape index (κ3) is 2.56. The van der Waals surface area contributed by atoms with Gasteiger partial charge in [0.15, 0.2) is 0 Å². The van der Waals surface area contributed by atoms with Crippen LogP contribution in [0.2, 0.25) is 0 Å². The topological polar surface area (TPSA) is 62.5 Å². The first-order valence-electron chi connectivity index (χ1n) is 6.55. The van der Waals surface area contributed by atoms with E-state index < -0.39 is 0 Å². The zero-order valence-corrected chi connectivity index (χ0v) is 12.1. The van der Waals surface area contributed by atoms with E-state index in [2.05, 4.69) is 23.7 Å². The second-order valence-corrected chi connectivity index (χ2v) is 5.84. The quantitative estimate of drug-likeness (QED) is 0.881. The van der Waals surface area contributed by atoms with Crippen LogP contribution in [0.4, 0.5) is 5.69 Å². The van der Waals surface area contributed by atoms with Crippen molar-refractivity contribution in [1.29, 1.82) is 0 Å². The van der Waals surface area contributed by atoms with Crippen LogP contribution in [0.15, 0.2) is 18.3 Å². The smallest absolute Gasteiger partial charge is 0.272 e. The van der Waals surface area contributed by atoms with Gasteiger partial charge in [-0.25, -0.2) is 0 Å². The Morgan fingerprint density at radius 2 is 2.11 bits per heavy atom. The maximum atomic E-state index is 11.9. The van der Waals surface area contributed by atoms with Gasteiger partial charge in [0.25, 0.3) is 5.91 Å². The molecule has 1 fully saturated rings. The minimum atomic E-state index is -0.116. The molecule has 1 amide bonds. The lowest BCUT2D eigenvalue weighted by Crippen LogP contribution is -2.70. The second-order valence-electron chi connectivity index (χ2n) is 5.84. The number of hydrogen-bond acceptors (Lipinski definition) is 4. The molecule has 104 valence electrons. The average Bonchev–Trinajstić information content (AvgIpc) is 2.33. The molecule has 0 radical (unpaired) electrons. The Balaban J connectivity index is 2.12. The van der Waals surface area contributed by atoms with E-state index in [-0.39, 0.29) is 11.4 Å². The molecule has 2 N–H and O–H groups in total. The summed E-state index contributed by atoms with van der Waals surface area (Å²) in [7, 11) is 3.45. The van der Waals surface area contributed by atoms with Gasteiger partial charge in [0.2, 0.25) is 0 Å². The van der Waals surface area contributed by atoms with Crippen LogP contribution in [0.5, 0.6) is 0 Å². The van der Waals surface area contributed by atoms with Crippen molar-refractivity contribution in [2.45, 2.75) is 19.4 Å². The van der Waals surface area contributed by atoms with E-state index in [9.17, 15) is 4.79 Å². The van der Waals surface area contributed by atoms with Crippen LogP contribution >= 0.6 is 0 Å². The van der Waals surface area contributed by atoms with Crippen molar-refractivity contribution in [2.24, 2.45) is 11.7 Å². The molecule has 1 aromatic heterocycles. The van der Waals surface area contributed by atoms with Gasteiger partial charge in [-0.2, -0.15) is 0 Å². The molecular weight excluding hydrogens is 240 g/mol. The van der Waals surface area contributed by atoms with Gasteiger partial charge in [0.05, 0.1) is 5.54 Å². The van der Waals surface area contributed by atoms with Crippen molar-refractivity contribution in [3.8, 4) is 0 Å². The van der Waals surface area contributed by atoms with E-state index >= 15 is 0 Å². The molecule has 5 nitrogen and oxygen atoms in total. The summed E-state index contributed by atoms with van der Waals surface area (Å²) in [6, 6.07) is 3.76. The molecule has 0 atom stereocenters. The van der Waals surface area contributed by atoms with Crippen LogP contribution in [0.3, 0.4) is 0 Å². The molecule has 0 unspecified atom stereocenters. The predicted octanol–water partition coefficient (Wildman–Crippen LogP) is 0.957. The maximum Gasteiger partial charge on any atom is 0.272 e. The molecule has 0 aromatic carbocycles. The van der Waals surface area contributed by atoms with Crippen molar-refractivity contribution in [2.75, 3.05) is 32.1 Å². The number of hydrogen-bond donors (Lipinski definition) is 1. The molecule has 2 heterocycles. The zero-order valence-electron chi connectivity index (χ0n) is 12.1. The molecule has 1 aromatic rings. The Morgan fingerprint density at radius 1 is 1.47 bits per heavy atom. The summed E-state index contributed by atoms with van der Waals surface area (Å²) in [5.41, 5.74) is 7.66. The average molecular weight is 262 g/mol. The normalized spacial score (nSPS) is 17.3. The first-order valence-corrected chi connectivity index (χ1v) is 6.55. The fraction of sp³-hybridized carbons (Fsp3) is 0.571. The number of rotatable bonds is 3. The fourth-order valence-corrected chi connectivity index (χ4v) is 2.17. The summed E-state index contributed by atoms with van der Waals surface area (Å²) in [4.78, 5) is 19.7. The van der Waals surface area contributed by atoms with Crippen molar-refractivity contribution < 1.29 is 4.79 Å². The first kappa shape index (κ1) is 13.8. The first-order chi connectivity index (χ1) is 8.83. The van der Waals surface area contributed by atoms with Crippen LogP contribution in [-0.4, -0.2) is 48.5 Å². The van der Waals surface area contributed by atoms with Crippen LogP contribution in [0, 0.1) is 5.92 Å². The van der Waals surface area contributed by atoms with E-state index in [0.717, 1.165) is 18.8 Å². The van der Waals surface area contributed by atoms with Crippen molar-refractivity contribution >= 4 is 11.6 Å². The van der Waals surface area contributed by atoms with E-state index in [1.807, 2.05) is 12.1 Å². The minimum Gasteiger partial charge on any atom is -0.368 e. The third-order valence-corrected chi connectivity index (χ3v) is 3.85. The van der Waals surface area contributed by atoms with Gasteiger partial charge in [0, 0.05) is 39.1 Å². The Hall–Kier alpha value is -1.62. The summed E-state index contributed by atoms with van der Waals surface area (Å²) in [6.07, 6.45) is 1.68. The molecule has 0 aliphatic carbocycles. The van der Waals surface area contributed by atoms with E-state index in [0.29, 0.717) is 11.6 Å². The Bertz CT molecular complexity index is 478. The summed E-state index contributed by atoms with van der Waals surface area (Å²) in [5.74, 6) is 0.374. The number of aromatic nitrogens is 1. The monoisotopic (exact) mass is 262 g/mol. The zero-order chi connectivity index (χ0) is 14.2. The number of nitrogens with zero attached hydrogens (tertiary/aromatic N) is 3. The van der Waals surface area contributed by atoms with Crippen LogP contribution < -0.4 is 10.6 Å². The highest BCUT2D eigenvalue weighted by atomic mass is 16.2. The van der Waals surface area contributed by atoms with E-state index in [4.69, 9.17) is 5.73 Å². The van der Waals surface area contributed by atoms with Gasteiger partial charge >= 0.3 is 0 Å². The summed E-state index contributed by atoms with van der Waals surface area (Å²) < 4.78 is 0. The summed E-state index contributed by atoms with van der Waals surface area (Å²) in [6.45, 7) is 5.93. The molecular formula is C14H22N4O. The SMILES string of the molecule is CC(C)C1(N)CN(c2ccnc(C(=O)N(C)C)c2)C1. The highest BCUT2D eigenvalue weighted by Gasteiger charge is 2.42. The molecule has 1 saturated heterocycles. The Kier molecular flexibility index (Phi) is 3.49. The summed E-state index contributed by atoms with van der Waals surface area (Å²) in [5, 5.41) is 0. The van der Waals surface area contributed by atoms with Gasteiger partial charge in [-0.05, 0) is 18.1 Å². The molecule has 1 aliphatic heterocycles. The van der Waals surface area contributed by atoms with Crippen LogP contribution in [-0.2, 0) is 0 Å². The molecule has 19 heavy (non-hydrogen) atoms. The number of carbonyl (C=O) groups excluding carboxylic acids is 1. The fourth-order valence-electron chi connectivity index (χ4n) is 2.17. The third-order valence-electron chi connectivity index (χ3n) is 3.85. The van der Waals surface area contributed by atoms with Gasteiger partial charge in [-0.3, -0.25) is 9.78 Å². The second kappa shape index (κ2) is 4.81. The van der Waals surface area contributed by atoms with Gasteiger partial charge in [-0.1, -0.05) is 13.8 Å². The van der Waals surface area contributed by atoms with Gasteiger partial charge in [0.1, 0.15) is 5.69 Å². The number of nitrogens with two attached hydrogens (primary N) is 1. The standard InChI is InChI=1S/C14H22N4O/c1-10(2)14(15)8-18(9-14)11-5-6-16-12(7-11)13(19)17(3)4/h5-7,10H,8-9,15H2,1-4H3. The Labute approximate surface area is 114 Å². The lowest BCUT2D eigenvalue weighted by atomic mass is 9.80. The van der Waals surface area contributed by atoms with Crippen molar-refractivity contribution in [1.82, 2.24) is 9.88 Å². The summed E-state index contributed by atoms with van der Waals surface area (Å²) >= 11 is 0. The Morgan fingerprint density at radius 3 is 2.63 bits per heavy atom. The number of pyridine rings is 1. The maximum absolute atomic E-state index is 11.9. The van der Waals surface area contributed by atoms with Crippen molar-refractivity contribution in [3.63, 3.8) is 0 Å². The molecule has 0 bridgehead atoms. The van der Waals surface area contributed by atoms with Crippen molar-refractivity contribution in [3.05, 3.63) is 24.0 Å². The molecule has 5 heteroatoms. The van der Waals surface area contributed by atoms with Gasteiger partial charge < -0.3 is 15.5 Å². The van der Waals surface area contributed by atoms with E-state index in [1.54, 1.807) is 20.3 Å². The minimum absolute atomic E-state index is 0.0785. The lowest BCUT2D eigenvalue weighted by molar-refractivity contribution is 0.0822. The van der Waals surface area contributed by atoms with Gasteiger partial charge in [-0.15, -0.1) is 0 Å². The number of amides is 1. The number of anilines is 1. The molecule has 1 aliphatic rings. The highest BCUT2D eigenvalue weighted by molar-refractivity contribution is 5.92. The number of carbonyl (C=O) groups is 1.